The summed E-state index contributed by atoms with van der Waals surface area (Å²) in [5.74, 6) is 0.608. The maximum atomic E-state index is 13.2. The van der Waals surface area contributed by atoms with Crippen molar-refractivity contribution in [1.82, 2.24) is 5.32 Å². The summed E-state index contributed by atoms with van der Waals surface area (Å²) in [5.41, 5.74) is 0.840. The number of hydrogen-bond donors (Lipinski definition) is 2. The Morgan fingerprint density at radius 3 is 2.33 bits per heavy atom. The standard InChI is InChI=1S/C19H34FNO4.C2H6/c1-7-8-17(24-12-11-22)16(14(2)13-20)10-9-15(3)21-18(23)25-19(4,5)6;1-2/h8,15,22H,7,9-13H2,1-6H3,(H,21,23);1-2H3/b16-14+,17-8+;. The zero-order valence-corrected chi connectivity index (χ0v) is 18.4. The van der Waals surface area contributed by atoms with Gasteiger partial charge in [-0.3, -0.25) is 0 Å². The highest BCUT2D eigenvalue weighted by molar-refractivity contribution is 5.68. The van der Waals surface area contributed by atoms with Gasteiger partial charge in [0.15, 0.2) is 0 Å². The summed E-state index contributed by atoms with van der Waals surface area (Å²) in [6, 6.07) is -0.127. The zero-order chi connectivity index (χ0) is 21.5. The average molecular weight is 390 g/mol. The van der Waals surface area contributed by atoms with E-state index in [1.54, 1.807) is 6.92 Å². The van der Waals surface area contributed by atoms with E-state index < -0.39 is 18.4 Å². The Hall–Kier alpha value is -1.56. The molecule has 1 unspecified atom stereocenters. The number of carbonyl (C=O) groups is 1. The molecule has 0 aromatic heterocycles. The first kappa shape index (κ1) is 27.7. The van der Waals surface area contributed by atoms with Crippen LogP contribution < -0.4 is 5.32 Å². The van der Waals surface area contributed by atoms with Gasteiger partial charge in [0.1, 0.15) is 24.6 Å². The minimum Gasteiger partial charge on any atom is -0.491 e. The molecule has 0 saturated carbocycles. The first-order chi connectivity index (χ1) is 12.6. The minimum absolute atomic E-state index is 0.0976. The minimum atomic E-state index is -0.563. The Labute approximate surface area is 165 Å². The molecule has 2 N–H and O–H groups in total. The van der Waals surface area contributed by atoms with Crippen LogP contribution in [0.3, 0.4) is 0 Å². The quantitative estimate of drug-likeness (QED) is 0.393. The van der Waals surface area contributed by atoms with E-state index >= 15 is 0 Å². The number of amides is 1. The van der Waals surface area contributed by atoms with Crippen LogP contribution in [0.2, 0.25) is 0 Å². The van der Waals surface area contributed by atoms with Gasteiger partial charge >= 0.3 is 6.09 Å². The third-order valence-corrected chi connectivity index (χ3v) is 3.34. The number of alkyl carbamates (subject to hydrolysis) is 1. The Balaban J connectivity index is 0. The van der Waals surface area contributed by atoms with Crippen LogP contribution in [0.1, 0.15) is 74.7 Å². The molecule has 0 saturated heterocycles. The summed E-state index contributed by atoms with van der Waals surface area (Å²) in [6.45, 7) is 14.5. The number of carbonyl (C=O) groups excluding carboxylic acids is 1. The molecule has 0 fully saturated rings. The van der Waals surface area contributed by atoms with Gasteiger partial charge in [0, 0.05) is 6.04 Å². The van der Waals surface area contributed by atoms with Crippen molar-refractivity contribution in [3.63, 3.8) is 0 Å². The Morgan fingerprint density at radius 1 is 1.30 bits per heavy atom. The predicted octanol–water partition coefficient (Wildman–Crippen LogP) is 5.29. The molecule has 5 nitrogen and oxygen atoms in total. The average Bonchev–Trinajstić information content (AvgIpc) is 2.59. The van der Waals surface area contributed by atoms with Crippen LogP contribution in [0, 0.1) is 0 Å². The fourth-order valence-electron chi connectivity index (χ4n) is 2.18. The molecule has 0 aromatic carbocycles. The van der Waals surface area contributed by atoms with Crippen LogP contribution >= 0.6 is 0 Å². The molecule has 0 aliphatic heterocycles. The summed E-state index contributed by atoms with van der Waals surface area (Å²) < 4.78 is 24.0. The van der Waals surface area contributed by atoms with E-state index in [2.05, 4.69) is 5.32 Å². The van der Waals surface area contributed by atoms with Crippen molar-refractivity contribution in [2.24, 2.45) is 0 Å². The van der Waals surface area contributed by atoms with Crippen molar-refractivity contribution in [2.75, 3.05) is 19.9 Å². The number of aliphatic hydroxyl groups is 1. The van der Waals surface area contributed by atoms with Crippen molar-refractivity contribution in [3.05, 3.63) is 23.0 Å². The molecule has 1 atom stereocenters. The fraction of sp³-hybridized carbons (Fsp3) is 0.762. The molecule has 0 heterocycles. The highest BCUT2D eigenvalue weighted by Crippen LogP contribution is 2.23. The molecule has 160 valence electrons. The van der Waals surface area contributed by atoms with Crippen molar-refractivity contribution < 1.29 is 23.8 Å². The molecule has 1 amide bonds. The van der Waals surface area contributed by atoms with Gasteiger partial charge < -0.3 is 19.9 Å². The van der Waals surface area contributed by atoms with Gasteiger partial charge in [-0.05, 0) is 71.1 Å². The van der Waals surface area contributed by atoms with Gasteiger partial charge in [-0.25, -0.2) is 9.18 Å². The lowest BCUT2D eigenvalue weighted by atomic mass is 9.99. The van der Waals surface area contributed by atoms with Gasteiger partial charge in [-0.2, -0.15) is 0 Å². The molecule has 0 aliphatic carbocycles. The molecule has 0 spiro atoms. The molecule has 27 heavy (non-hydrogen) atoms. The molecular formula is C21H40FNO4. The highest BCUT2D eigenvalue weighted by Gasteiger charge is 2.18. The lowest BCUT2D eigenvalue weighted by Crippen LogP contribution is -2.37. The number of rotatable bonds is 10. The normalized spacial score (nSPS) is 13.8. The molecule has 0 rings (SSSR count). The van der Waals surface area contributed by atoms with Crippen molar-refractivity contribution in [2.45, 2.75) is 86.3 Å². The maximum absolute atomic E-state index is 13.2. The van der Waals surface area contributed by atoms with Crippen molar-refractivity contribution in [1.29, 1.82) is 0 Å². The third-order valence-electron chi connectivity index (χ3n) is 3.34. The number of aliphatic hydroxyl groups excluding tert-OH is 1. The molecule has 0 aromatic rings. The van der Waals surface area contributed by atoms with Gasteiger partial charge in [0.25, 0.3) is 0 Å². The van der Waals surface area contributed by atoms with Crippen LogP contribution in [-0.2, 0) is 9.47 Å². The van der Waals surface area contributed by atoms with E-state index in [0.29, 0.717) is 24.2 Å². The number of ether oxygens (including phenoxy) is 2. The lowest BCUT2D eigenvalue weighted by molar-refractivity contribution is 0.0506. The highest BCUT2D eigenvalue weighted by atomic mass is 19.1. The lowest BCUT2D eigenvalue weighted by Gasteiger charge is -2.22. The Morgan fingerprint density at radius 2 is 1.89 bits per heavy atom. The van der Waals surface area contributed by atoms with E-state index in [1.165, 1.54) is 0 Å². The monoisotopic (exact) mass is 389 g/mol. The number of alkyl halides is 1. The summed E-state index contributed by atoms with van der Waals surface area (Å²) in [7, 11) is 0. The first-order valence-corrected chi connectivity index (χ1v) is 9.82. The maximum Gasteiger partial charge on any atom is 0.407 e. The summed E-state index contributed by atoms with van der Waals surface area (Å²) in [6.07, 6.45) is 3.35. The van der Waals surface area contributed by atoms with Gasteiger partial charge in [-0.1, -0.05) is 20.8 Å². The second-order valence-electron chi connectivity index (χ2n) is 7.03. The Bertz CT molecular complexity index is 467. The van der Waals surface area contributed by atoms with E-state index in [4.69, 9.17) is 14.6 Å². The van der Waals surface area contributed by atoms with Crippen molar-refractivity contribution >= 4 is 6.09 Å². The van der Waals surface area contributed by atoms with Crippen molar-refractivity contribution in [3.8, 4) is 0 Å². The van der Waals surface area contributed by atoms with E-state index in [1.807, 2.05) is 54.5 Å². The number of halogens is 1. The number of allylic oxidation sites excluding steroid dienone is 3. The molecule has 0 radical (unpaired) electrons. The second kappa shape index (κ2) is 15.5. The van der Waals surface area contributed by atoms with Gasteiger partial charge in [-0.15, -0.1) is 0 Å². The number of nitrogens with one attached hydrogen (secondary N) is 1. The first-order valence-electron chi connectivity index (χ1n) is 9.82. The number of hydrogen-bond acceptors (Lipinski definition) is 4. The van der Waals surface area contributed by atoms with Crippen LogP contribution in [-0.4, -0.2) is 42.7 Å². The second-order valence-corrected chi connectivity index (χ2v) is 7.03. The largest absolute Gasteiger partial charge is 0.491 e. The van der Waals surface area contributed by atoms with E-state index in [0.717, 1.165) is 12.0 Å². The summed E-state index contributed by atoms with van der Waals surface area (Å²) >= 11 is 0. The summed E-state index contributed by atoms with van der Waals surface area (Å²) in [4.78, 5) is 11.8. The molecule has 0 bridgehead atoms. The predicted molar refractivity (Wildman–Crippen MR) is 110 cm³/mol. The smallest absolute Gasteiger partial charge is 0.407 e. The van der Waals surface area contributed by atoms with E-state index in [-0.39, 0.29) is 19.3 Å². The SMILES string of the molecule is CC.CC/C=C(OCCO)\C(CCC(C)NC(=O)OC(C)(C)C)=C(/C)CF. The van der Waals surface area contributed by atoms with Gasteiger partial charge in [0.2, 0.25) is 0 Å². The zero-order valence-electron chi connectivity index (χ0n) is 18.4. The topological polar surface area (TPSA) is 67.8 Å². The van der Waals surface area contributed by atoms with Crippen LogP contribution in [0.4, 0.5) is 9.18 Å². The van der Waals surface area contributed by atoms with Crippen LogP contribution in [0.5, 0.6) is 0 Å². The third kappa shape index (κ3) is 14.2. The van der Waals surface area contributed by atoms with Gasteiger partial charge in [0.05, 0.1) is 6.61 Å². The summed E-state index contributed by atoms with van der Waals surface area (Å²) in [5, 5.41) is 11.8. The molecule has 0 aliphatic rings. The van der Waals surface area contributed by atoms with Crippen LogP contribution in [0.15, 0.2) is 23.0 Å². The van der Waals surface area contributed by atoms with Crippen LogP contribution in [0.25, 0.3) is 0 Å². The molecule has 6 heteroatoms. The van der Waals surface area contributed by atoms with E-state index in [9.17, 15) is 9.18 Å². The Kier molecular flexibility index (Phi) is 15.9. The molecular weight excluding hydrogens is 349 g/mol. The fourth-order valence-corrected chi connectivity index (χ4v) is 2.18.